The van der Waals surface area contributed by atoms with Crippen molar-refractivity contribution in [2.24, 2.45) is 0 Å². The monoisotopic (exact) mass is 375 g/mol. The highest BCUT2D eigenvalue weighted by Gasteiger charge is 2.24. The first-order valence-corrected chi connectivity index (χ1v) is 10.2. The van der Waals surface area contributed by atoms with Crippen LogP contribution in [0.25, 0.3) is 11.3 Å². The molecule has 5 heteroatoms. The maximum Gasteiger partial charge on any atom is 0.237 e. The van der Waals surface area contributed by atoms with E-state index in [1.54, 1.807) is 0 Å². The van der Waals surface area contributed by atoms with Gasteiger partial charge in [-0.15, -0.1) is 10.2 Å². The Kier molecular flexibility index (Phi) is 5.21. The Bertz CT molecular complexity index is 939. The van der Waals surface area contributed by atoms with Gasteiger partial charge in [-0.2, -0.15) is 0 Å². The molecule has 2 aromatic carbocycles. The average Bonchev–Trinajstić information content (AvgIpc) is 3.17. The quantitative estimate of drug-likeness (QED) is 0.621. The molecule has 27 heavy (non-hydrogen) atoms. The summed E-state index contributed by atoms with van der Waals surface area (Å²) in [4.78, 5) is 14.5. The largest absolute Gasteiger partial charge is 0.311 e. The number of benzene rings is 2. The zero-order valence-corrected chi connectivity index (χ0v) is 16.1. The van der Waals surface area contributed by atoms with E-state index >= 15 is 0 Å². The van der Waals surface area contributed by atoms with Crippen molar-refractivity contribution in [1.29, 1.82) is 0 Å². The van der Waals surface area contributed by atoms with Crippen LogP contribution in [0.2, 0.25) is 0 Å². The topological polar surface area (TPSA) is 46.1 Å². The molecule has 1 aromatic heterocycles. The number of hydrogen-bond donors (Lipinski definition) is 0. The van der Waals surface area contributed by atoms with Gasteiger partial charge in [-0.05, 0) is 42.2 Å². The molecule has 0 aliphatic carbocycles. The van der Waals surface area contributed by atoms with Crippen molar-refractivity contribution in [3.8, 4) is 11.3 Å². The van der Waals surface area contributed by atoms with Crippen molar-refractivity contribution in [3.05, 3.63) is 71.8 Å². The van der Waals surface area contributed by atoms with E-state index in [4.69, 9.17) is 0 Å². The number of fused-ring (bicyclic) bond motifs is 1. The Morgan fingerprint density at radius 3 is 2.59 bits per heavy atom. The molecular formula is C22H21N3OS. The Morgan fingerprint density at radius 1 is 1.04 bits per heavy atom. The van der Waals surface area contributed by atoms with Crippen molar-refractivity contribution < 1.29 is 4.79 Å². The molecule has 4 nitrogen and oxygen atoms in total. The molecule has 0 fully saturated rings. The van der Waals surface area contributed by atoms with Crippen LogP contribution in [0.5, 0.6) is 0 Å². The van der Waals surface area contributed by atoms with Crippen molar-refractivity contribution in [2.45, 2.75) is 24.8 Å². The van der Waals surface area contributed by atoms with Gasteiger partial charge in [-0.3, -0.25) is 4.79 Å². The summed E-state index contributed by atoms with van der Waals surface area (Å²) in [6.07, 6.45) is 1.95. The molecule has 0 atom stereocenters. The number of carbonyl (C=O) groups is 1. The standard InChI is InChI=1S/C22H21N3OS/c1-2-16-7-9-17(10-8-16)19-11-12-21(24-23-19)27-15-22(26)25-14-13-18-5-3-4-6-20(18)25/h3-12H,2,13-15H2,1H3. The molecular weight excluding hydrogens is 354 g/mol. The lowest BCUT2D eigenvalue weighted by Crippen LogP contribution is -2.30. The lowest BCUT2D eigenvalue weighted by molar-refractivity contribution is -0.116. The fourth-order valence-electron chi connectivity index (χ4n) is 3.27. The molecule has 3 aromatic rings. The Morgan fingerprint density at radius 2 is 1.85 bits per heavy atom. The number of para-hydroxylation sites is 1. The lowest BCUT2D eigenvalue weighted by Gasteiger charge is -2.16. The number of aryl methyl sites for hydroxylation is 1. The van der Waals surface area contributed by atoms with Crippen LogP contribution < -0.4 is 4.90 Å². The number of rotatable bonds is 5. The molecule has 0 N–H and O–H groups in total. The van der Waals surface area contributed by atoms with Gasteiger partial charge >= 0.3 is 0 Å². The van der Waals surface area contributed by atoms with Gasteiger partial charge in [0.25, 0.3) is 0 Å². The van der Waals surface area contributed by atoms with E-state index in [0.717, 1.165) is 41.4 Å². The number of nitrogens with zero attached hydrogens (tertiary/aromatic N) is 3. The molecule has 1 amide bonds. The first-order chi connectivity index (χ1) is 13.2. The normalized spacial score (nSPS) is 12.9. The first-order valence-electron chi connectivity index (χ1n) is 9.18. The number of aromatic nitrogens is 2. The van der Waals surface area contributed by atoms with E-state index in [9.17, 15) is 4.79 Å². The van der Waals surface area contributed by atoms with Crippen molar-refractivity contribution in [3.63, 3.8) is 0 Å². The van der Waals surface area contributed by atoms with E-state index in [2.05, 4.69) is 47.5 Å². The molecule has 0 bridgehead atoms. The van der Waals surface area contributed by atoms with E-state index < -0.39 is 0 Å². The smallest absolute Gasteiger partial charge is 0.237 e. The van der Waals surface area contributed by atoms with Gasteiger partial charge in [0.2, 0.25) is 5.91 Å². The van der Waals surface area contributed by atoms with Crippen LogP contribution in [0, 0.1) is 0 Å². The van der Waals surface area contributed by atoms with Gasteiger partial charge in [-0.25, -0.2) is 0 Å². The second-order valence-corrected chi connectivity index (χ2v) is 7.52. The molecule has 2 heterocycles. The fourth-order valence-corrected chi connectivity index (χ4v) is 3.96. The van der Waals surface area contributed by atoms with Crippen molar-refractivity contribution >= 4 is 23.4 Å². The van der Waals surface area contributed by atoms with Crippen molar-refractivity contribution in [1.82, 2.24) is 10.2 Å². The lowest BCUT2D eigenvalue weighted by atomic mass is 10.1. The summed E-state index contributed by atoms with van der Waals surface area (Å²) in [5, 5.41) is 9.37. The van der Waals surface area contributed by atoms with Crippen LogP contribution in [0.1, 0.15) is 18.1 Å². The third kappa shape index (κ3) is 3.88. The second-order valence-electron chi connectivity index (χ2n) is 6.52. The summed E-state index contributed by atoms with van der Waals surface area (Å²) in [7, 11) is 0. The number of hydrogen-bond acceptors (Lipinski definition) is 4. The first kappa shape index (κ1) is 17.7. The summed E-state index contributed by atoms with van der Waals surface area (Å²) in [5.74, 6) is 0.485. The minimum absolute atomic E-state index is 0.117. The molecule has 0 unspecified atom stereocenters. The molecule has 4 rings (SSSR count). The highest BCUT2D eigenvalue weighted by Crippen LogP contribution is 2.28. The van der Waals surface area contributed by atoms with Crippen LogP contribution in [-0.4, -0.2) is 28.4 Å². The molecule has 0 saturated carbocycles. The molecule has 1 aliphatic rings. The zero-order chi connectivity index (χ0) is 18.6. The SMILES string of the molecule is CCc1ccc(-c2ccc(SCC(=O)N3CCc4ccccc43)nn2)cc1. The van der Waals surface area contributed by atoms with Gasteiger partial charge in [0.1, 0.15) is 5.03 Å². The zero-order valence-electron chi connectivity index (χ0n) is 15.3. The van der Waals surface area contributed by atoms with E-state index in [0.29, 0.717) is 5.75 Å². The van der Waals surface area contributed by atoms with E-state index in [1.807, 2.05) is 35.2 Å². The Hall–Kier alpha value is -2.66. The summed E-state index contributed by atoms with van der Waals surface area (Å²) in [6.45, 7) is 2.90. The van der Waals surface area contributed by atoms with E-state index in [1.165, 1.54) is 22.9 Å². The summed E-state index contributed by atoms with van der Waals surface area (Å²) in [6, 6.07) is 20.4. The Balaban J connectivity index is 1.38. The van der Waals surface area contributed by atoms with Crippen LogP contribution in [0.4, 0.5) is 5.69 Å². The maximum atomic E-state index is 12.6. The fraction of sp³-hybridized carbons (Fsp3) is 0.227. The summed E-state index contributed by atoms with van der Waals surface area (Å²) in [5.41, 5.74) is 5.50. The predicted molar refractivity (Wildman–Crippen MR) is 110 cm³/mol. The van der Waals surface area contributed by atoms with Crippen LogP contribution in [0.15, 0.2) is 65.7 Å². The van der Waals surface area contributed by atoms with Gasteiger partial charge < -0.3 is 4.90 Å². The van der Waals surface area contributed by atoms with Crippen molar-refractivity contribution in [2.75, 3.05) is 17.2 Å². The summed E-state index contributed by atoms with van der Waals surface area (Å²) < 4.78 is 0. The molecule has 0 spiro atoms. The highest BCUT2D eigenvalue weighted by atomic mass is 32.2. The Labute approximate surface area is 163 Å². The van der Waals surface area contributed by atoms with Gasteiger partial charge in [0.05, 0.1) is 11.4 Å². The number of amides is 1. The number of thioether (sulfide) groups is 1. The van der Waals surface area contributed by atoms with Crippen LogP contribution >= 0.6 is 11.8 Å². The van der Waals surface area contributed by atoms with Crippen LogP contribution in [-0.2, 0) is 17.6 Å². The molecule has 0 radical (unpaired) electrons. The minimum Gasteiger partial charge on any atom is -0.311 e. The minimum atomic E-state index is 0.117. The van der Waals surface area contributed by atoms with E-state index in [-0.39, 0.29) is 5.91 Å². The number of carbonyl (C=O) groups excluding carboxylic acids is 1. The summed E-state index contributed by atoms with van der Waals surface area (Å²) >= 11 is 1.44. The highest BCUT2D eigenvalue weighted by molar-refractivity contribution is 7.99. The van der Waals surface area contributed by atoms with Crippen LogP contribution in [0.3, 0.4) is 0 Å². The predicted octanol–water partition coefficient (Wildman–Crippen LogP) is 4.39. The molecule has 0 saturated heterocycles. The number of anilines is 1. The van der Waals surface area contributed by atoms with Gasteiger partial charge in [0.15, 0.2) is 0 Å². The maximum absolute atomic E-state index is 12.6. The third-order valence-electron chi connectivity index (χ3n) is 4.83. The average molecular weight is 375 g/mol. The molecule has 136 valence electrons. The van der Waals surface area contributed by atoms with Gasteiger partial charge in [-0.1, -0.05) is 61.2 Å². The molecule has 1 aliphatic heterocycles. The third-order valence-corrected chi connectivity index (χ3v) is 5.73. The van der Waals surface area contributed by atoms with Gasteiger partial charge in [0, 0.05) is 17.8 Å². The second kappa shape index (κ2) is 7.92.